The Kier molecular flexibility index (Phi) is 4.11. The Hall–Kier alpha value is -2.57. The van der Waals surface area contributed by atoms with Gasteiger partial charge in [0.15, 0.2) is 0 Å². The molecule has 10 heteroatoms. The fourth-order valence-electron chi connectivity index (χ4n) is 1.21. The quantitative estimate of drug-likeness (QED) is 0.616. The third-order valence-corrected chi connectivity index (χ3v) is 1.88. The van der Waals surface area contributed by atoms with E-state index in [2.05, 4.69) is 14.5 Å². The second kappa shape index (κ2) is 5.38. The van der Waals surface area contributed by atoms with E-state index in [9.17, 15) is 23.3 Å². The molecule has 0 radical (unpaired) electrons. The maximum atomic E-state index is 12.1. The highest BCUT2D eigenvalue weighted by atomic mass is 19.4. The topological polar surface area (TPSA) is 98.3 Å². The first-order valence-corrected chi connectivity index (χ1v) is 4.63. The van der Waals surface area contributed by atoms with Crippen LogP contribution in [0.1, 0.15) is 5.56 Å². The monoisotopic (exact) mass is 277 g/mol. The van der Waals surface area contributed by atoms with Gasteiger partial charge in [-0.2, -0.15) is 10.2 Å². The summed E-state index contributed by atoms with van der Waals surface area (Å²) in [5.41, 5.74) is -1.01. The summed E-state index contributed by atoms with van der Waals surface area (Å²) in [6.45, 7) is 0. The normalized spacial score (nSPS) is 10.7. The van der Waals surface area contributed by atoms with Crippen LogP contribution in [0.2, 0.25) is 0 Å². The number of nitriles is 1. The number of nitro groups is 1. The van der Waals surface area contributed by atoms with E-state index in [1.807, 2.05) is 0 Å². The highest BCUT2D eigenvalue weighted by molar-refractivity contribution is 5.48. The highest BCUT2D eigenvalue weighted by Gasteiger charge is 2.36. The van der Waals surface area contributed by atoms with Gasteiger partial charge < -0.3 is 9.47 Å². The zero-order valence-corrected chi connectivity index (χ0v) is 9.39. The molecule has 0 aliphatic carbocycles. The average Bonchev–Trinajstić information content (AvgIpc) is 2.28. The van der Waals surface area contributed by atoms with Gasteiger partial charge in [0.2, 0.25) is 5.88 Å². The second-order valence-corrected chi connectivity index (χ2v) is 3.12. The number of hydrogen-bond acceptors (Lipinski definition) is 6. The van der Waals surface area contributed by atoms with Crippen LogP contribution in [-0.4, -0.2) is 23.4 Å². The van der Waals surface area contributed by atoms with Crippen molar-refractivity contribution in [2.45, 2.75) is 12.8 Å². The molecule has 0 saturated heterocycles. The molecule has 0 aliphatic rings. The third kappa shape index (κ3) is 3.70. The minimum absolute atomic E-state index is 0.00813. The zero-order chi connectivity index (χ0) is 14.6. The Balaban J connectivity index is 3.37. The molecule has 0 bridgehead atoms. The predicted octanol–water partition coefficient (Wildman–Crippen LogP) is 1.96. The van der Waals surface area contributed by atoms with Crippen molar-refractivity contribution < 1.29 is 27.6 Å². The number of halogens is 3. The first kappa shape index (κ1) is 14.5. The van der Waals surface area contributed by atoms with Crippen molar-refractivity contribution in [1.29, 1.82) is 5.26 Å². The number of rotatable bonds is 4. The summed E-state index contributed by atoms with van der Waals surface area (Å²) in [6.07, 6.45) is -5.43. The number of pyridine rings is 1. The molecule has 1 heterocycles. The van der Waals surface area contributed by atoms with E-state index in [-0.39, 0.29) is 17.9 Å². The predicted molar refractivity (Wildman–Crippen MR) is 53.4 cm³/mol. The maximum Gasteiger partial charge on any atom is 0.574 e. The Morgan fingerprint density at radius 3 is 2.58 bits per heavy atom. The molecule has 7 nitrogen and oxygen atoms in total. The molecule has 0 aromatic carbocycles. The van der Waals surface area contributed by atoms with Gasteiger partial charge in [0.05, 0.1) is 24.5 Å². The number of nitrogens with zero attached hydrogens (tertiary/aromatic N) is 3. The summed E-state index contributed by atoms with van der Waals surface area (Å²) in [4.78, 5) is 12.8. The third-order valence-electron chi connectivity index (χ3n) is 1.88. The molecule has 1 rings (SSSR count). The molecule has 1 aromatic rings. The van der Waals surface area contributed by atoms with E-state index in [0.717, 1.165) is 13.2 Å². The van der Waals surface area contributed by atoms with Gasteiger partial charge in [0.25, 0.3) is 0 Å². The lowest BCUT2D eigenvalue weighted by Gasteiger charge is -2.11. The van der Waals surface area contributed by atoms with Gasteiger partial charge >= 0.3 is 17.9 Å². The van der Waals surface area contributed by atoms with Gasteiger partial charge in [-0.05, 0) is 0 Å². The van der Waals surface area contributed by atoms with Crippen LogP contribution in [0.5, 0.6) is 11.8 Å². The fourth-order valence-corrected chi connectivity index (χ4v) is 1.21. The number of hydrogen-bond donors (Lipinski definition) is 0. The van der Waals surface area contributed by atoms with Gasteiger partial charge in [0.1, 0.15) is 0 Å². The summed E-state index contributed by atoms with van der Waals surface area (Å²) < 4.78 is 44.4. The van der Waals surface area contributed by atoms with Crippen LogP contribution in [0.4, 0.5) is 18.9 Å². The first-order chi connectivity index (χ1) is 8.78. The van der Waals surface area contributed by atoms with Crippen molar-refractivity contribution in [3.05, 3.63) is 21.7 Å². The molecular weight excluding hydrogens is 271 g/mol. The van der Waals surface area contributed by atoms with Crippen molar-refractivity contribution in [2.24, 2.45) is 0 Å². The van der Waals surface area contributed by atoms with Crippen LogP contribution >= 0.6 is 0 Å². The van der Waals surface area contributed by atoms with Crippen LogP contribution in [-0.2, 0) is 6.42 Å². The molecule has 0 saturated carbocycles. The van der Waals surface area contributed by atoms with E-state index < -0.39 is 22.9 Å². The molecule has 0 spiro atoms. The summed E-state index contributed by atoms with van der Waals surface area (Å²) in [5, 5.41) is 19.2. The van der Waals surface area contributed by atoms with E-state index in [1.165, 1.54) is 0 Å². The van der Waals surface area contributed by atoms with Crippen LogP contribution in [0, 0.1) is 21.4 Å². The lowest BCUT2D eigenvalue weighted by atomic mass is 10.2. The molecule has 0 unspecified atom stereocenters. The Labute approximate surface area is 104 Å². The summed E-state index contributed by atoms with van der Waals surface area (Å²) in [6, 6.07) is 2.45. The first-order valence-electron chi connectivity index (χ1n) is 4.63. The van der Waals surface area contributed by atoms with Gasteiger partial charge in [-0.25, -0.2) is 0 Å². The molecular formula is C9H6F3N3O4. The average molecular weight is 277 g/mol. The number of alkyl halides is 3. The minimum atomic E-state index is -5.13. The van der Waals surface area contributed by atoms with Crippen molar-refractivity contribution in [3.8, 4) is 17.8 Å². The summed E-state index contributed by atoms with van der Waals surface area (Å²) in [5.74, 6) is -1.58. The number of aromatic nitrogens is 1. The molecule has 19 heavy (non-hydrogen) atoms. The van der Waals surface area contributed by atoms with E-state index >= 15 is 0 Å². The molecule has 102 valence electrons. The van der Waals surface area contributed by atoms with Gasteiger partial charge in [-0.3, -0.25) is 10.1 Å². The molecule has 0 atom stereocenters. The van der Waals surface area contributed by atoms with Crippen molar-refractivity contribution in [2.75, 3.05) is 7.11 Å². The number of methoxy groups -OCH3 is 1. The molecule has 0 aliphatic heterocycles. The number of ether oxygens (including phenoxy) is 2. The lowest BCUT2D eigenvalue weighted by Crippen LogP contribution is -2.19. The largest absolute Gasteiger partial charge is 0.574 e. The van der Waals surface area contributed by atoms with Crippen LogP contribution in [0.25, 0.3) is 0 Å². The van der Waals surface area contributed by atoms with E-state index in [1.54, 1.807) is 6.07 Å². The van der Waals surface area contributed by atoms with Crippen molar-refractivity contribution >= 4 is 5.69 Å². The molecule has 0 fully saturated rings. The molecule has 0 N–H and O–H groups in total. The van der Waals surface area contributed by atoms with Crippen LogP contribution in [0.3, 0.4) is 0 Å². The SMILES string of the molecule is COc1nc(OC(F)(F)F)c([N+](=O)[O-])cc1CC#N. The fraction of sp³-hybridized carbons (Fsp3) is 0.333. The van der Waals surface area contributed by atoms with E-state index in [4.69, 9.17) is 5.26 Å². The Morgan fingerprint density at radius 1 is 1.53 bits per heavy atom. The standard InChI is InChI=1S/C9H6F3N3O4/c1-18-7-5(2-3-13)4-6(15(16)17)8(14-7)19-9(10,11)12/h4H,2H2,1H3. The van der Waals surface area contributed by atoms with Crippen molar-refractivity contribution in [3.63, 3.8) is 0 Å². The lowest BCUT2D eigenvalue weighted by molar-refractivity contribution is -0.389. The van der Waals surface area contributed by atoms with Gasteiger partial charge in [0, 0.05) is 11.6 Å². The summed E-state index contributed by atoms with van der Waals surface area (Å²) in [7, 11) is 1.10. The maximum absolute atomic E-state index is 12.1. The van der Waals surface area contributed by atoms with Crippen LogP contribution < -0.4 is 9.47 Å². The smallest absolute Gasteiger partial charge is 0.481 e. The zero-order valence-electron chi connectivity index (χ0n) is 9.39. The minimum Gasteiger partial charge on any atom is -0.481 e. The second-order valence-electron chi connectivity index (χ2n) is 3.12. The van der Waals surface area contributed by atoms with E-state index in [0.29, 0.717) is 0 Å². The van der Waals surface area contributed by atoms with Gasteiger partial charge in [-0.1, -0.05) is 0 Å². The summed E-state index contributed by atoms with van der Waals surface area (Å²) >= 11 is 0. The highest BCUT2D eigenvalue weighted by Crippen LogP contribution is 2.34. The molecule has 0 amide bonds. The Bertz CT molecular complexity index is 539. The van der Waals surface area contributed by atoms with Crippen molar-refractivity contribution in [1.82, 2.24) is 4.98 Å². The van der Waals surface area contributed by atoms with Gasteiger partial charge in [-0.15, -0.1) is 13.2 Å². The molecule has 1 aromatic heterocycles. The Morgan fingerprint density at radius 2 is 2.16 bits per heavy atom. The van der Waals surface area contributed by atoms with Crippen LogP contribution in [0.15, 0.2) is 6.07 Å².